The summed E-state index contributed by atoms with van der Waals surface area (Å²) in [5.41, 5.74) is 1.26. The van der Waals surface area contributed by atoms with E-state index < -0.39 is 5.97 Å². The summed E-state index contributed by atoms with van der Waals surface area (Å²) in [5, 5.41) is 0. The highest BCUT2D eigenvalue weighted by atomic mass is 16.5. The Balaban J connectivity index is 2.04. The summed E-state index contributed by atoms with van der Waals surface area (Å²) in [6.45, 7) is 0.149. The summed E-state index contributed by atoms with van der Waals surface area (Å²) in [6, 6.07) is 12.2. The number of hydrogen-bond donors (Lipinski definition) is 0. The standard InChI is InChI=1S/C17H18O5/c1-19-14-6-4-5-13(10-14)17(18)22-11-12-7-8-15(20-2)16(9-12)21-3/h4-10H,11H2,1-3H3. The van der Waals surface area contributed by atoms with Crippen LogP contribution < -0.4 is 14.2 Å². The molecular weight excluding hydrogens is 284 g/mol. The van der Waals surface area contributed by atoms with E-state index in [0.717, 1.165) is 5.56 Å². The molecule has 2 rings (SSSR count). The molecule has 0 aliphatic heterocycles. The molecule has 0 amide bonds. The molecule has 0 fully saturated rings. The lowest BCUT2D eigenvalue weighted by Gasteiger charge is -2.10. The predicted octanol–water partition coefficient (Wildman–Crippen LogP) is 3.07. The highest BCUT2D eigenvalue weighted by molar-refractivity contribution is 5.89. The van der Waals surface area contributed by atoms with E-state index >= 15 is 0 Å². The van der Waals surface area contributed by atoms with Crippen LogP contribution in [0.3, 0.4) is 0 Å². The smallest absolute Gasteiger partial charge is 0.338 e. The van der Waals surface area contributed by atoms with E-state index in [1.807, 2.05) is 6.07 Å². The Morgan fingerprint density at radius 2 is 1.68 bits per heavy atom. The van der Waals surface area contributed by atoms with Gasteiger partial charge in [-0.15, -0.1) is 0 Å². The van der Waals surface area contributed by atoms with Crippen LogP contribution in [-0.2, 0) is 11.3 Å². The first-order valence-corrected chi connectivity index (χ1v) is 6.70. The zero-order valence-electron chi connectivity index (χ0n) is 12.8. The molecule has 5 nitrogen and oxygen atoms in total. The summed E-state index contributed by atoms with van der Waals surface area (Å²) < 4.78 is 20.8. The second-order valence-corrected chi connectivity index (χ2v) is 4.50. The van der Waals surface area contributed by atoms with Crippen LogP contribution in [0.15, 0.2) is 42.5 Å². The summed E-state index contributed by atoms with van der Waals surface area (Å²) in [7, 11) is 4.68. The highest BCUT2D eigenvalue weighted by Gasteiger charge is 2.10. The van der Waals surface area contributed by atoms with Crippen molar-refractivity contribution in [3.63, 3.8) is 0 Å². The van der Waals surface area contributed by atoms with Crippen LogP contribution in [0, 0.1) is 0 Å². The Morgan fingerprint density at radius 3 is 2.36 bits per heavy atom. The predicted molar refractivity (Wildman–Crippen MR) is 81.7 cm³/mol. The molecule has 0 unspecified atom stereocenters. The second kappa shape index (κ2) is 7.36. The van der Waals surface area contributed by atoms with Crippen LogP contribution in [-0.4, -0.2) is 27.3 Å². The fourth-order valence-electron chi connectivity index (χ4n) is 1.95. The third-order valence-electron chi connectivity index (χ3n) is 3.12. The number of esters is 1. The van der Waals surface area contributed by atoms with Gasteiger partial charge >= 0.3 is 5.97 Å². The largest absolute Gasteiger partial charge is 0.497 e. The van der Waals surface area contributed by atoms with Crippen LogP contribution in [0.2, 0.25) is 0 Å². The molecule has 0 N–H and O–H groups in total. The number of benzene rings is 2. The minimum atomic E-state index is -0.409. The first kappa shape index (κ1) is 15.7. The molecule has 0 saturated carbocycles. The van der Waals surface area contributed by atoms with Gasteiger partial charge in [-0.25, -0.2) is 4.79 Å². The van der Waals surface area contributed by atoms with Crippen LogP contribution in [0.1, 0.15) is 15.9 Å². The average Bonchev–Trinajstić information content (AvgIpc) is 2.59. The normalized spacial score (nSPS) is 9.95. The van der Waals surface area contributed by atoms with Crippen molar-refractivity contribution in [3.8, 4) is 17.2 Å². The van der Waals surface area contributed by atoms with Gasteiger partial charge in [0.1, 0.15) is 12.4 Å². The maximum Gasteiger partial charge on any atom is 0.338 e. The van der Waals surface area contributed by atoms with Gasteiger partial charge in [-0.1, -0.05) is 12.1 Å². The van der Waals surface area contributed by atoms with Gasteiger partial charge in [0.05, 0.1) is 26.9 Å². The molecule has 116 valence electrons. The van der Waals surface area contributed by atoms with E-state index in [-0.39, 0.29) is 6.61 Å². The molecule has 2 aromatic carbocycles. The number of carbonyl (C=O) groups excluding carboxylic acids is 1. The lowest BCUT2D eigenvalue weighted by Crippen LogP contribution is -2.05. The minimum absolute atomic E-state index is 0.149. The van der Waals surface area contributed by atoms with Crippen LogP contribution in [0.5, 0.6) is 17.2 Å². The van der Waals surface area contributed by atoms with E-state index in [4.69, 9.17) is 18.9 Å². The van der Waals surface area contributed by atoms with Gasteiger partial charge in [0.2, 0.25) is 0 Å². The zero-order valence-corrected chi connectivity index (χ0v) is 12.8. The van der Waals surface area contributed by atoms with Crippen molar-refractivity contribution in [2.24, 2.45) is 0 Å². The highest BCUT2D eigenvalue weighted by Crippen LogP contribution is 2.27. The summed E-state index contributed by atoms with van der Waals surface area (Å²) in [6.07, 6.45) is 0. The number of hydrogen-bond acceptors (Lipinski definition) is 5. The van der Waals surface area contributed by atoms with E-state index in [2.05, 4.69) is 0 Å². The summed E-state index contributed by atoms with van der Waals surface area (Å²) in [5.74, 6) is 1.43. The molecule has 0 saturated heterocycles. The van der Waals surface area contributed by atoms with Gasteiger partial charge in [-0.2, -0.15) is 0 Å². The summed E-state index contributed by atoms with van der Waals surface area (Å²) >= 11 is 0. The molecule has 0 aliphatic carbocycles. The molecule has 0 aliphatic rings. The van der Waals surface area contributed by atoms with Gasteiger partial charge in [-0.3, -0.25) is 0 Å². The molecule has 5 heteroatoms. The Labute approximate surface area is 129 Å². The lowest BCUT2D eigenvalue weighted by molar-refractivity contribution is 0.0472. The average molecular weight is 302 g/mol. The topological polar surface area (TPSA) is 54.0 Å². The molecule has 0 heterocycles. The Hall–Kier alpha value is -2.69. The lowest BCUT2D eigenvalue weighted by atomic mass is 10.2. The minimum Gasteiger partial charge on any atom is -0.497 e. The molecule has 0 bridgehead atoms. The van der Waals surface area contributed by atoms with E-state index in [1.165, 1.54) is 0 Å². The monoisotopic (exact) mass is 302 g/mol. The molecule has 0 spiro atoms. The van der Waals surface area contributed by atoms with Crippen molar-refractivity contribution < 1.29 is 23.7 Å². The van der Waals surface area contributed by atoms with Crippen molar-refractivity contribution in [1.29, 1.82) is 0 Å². The third-order valence-corrected chi connectivity index (χ3v) is 3.12. The van der Waals surface area contributed by atoms with Crippen molar-refractivity contribution in [2.75, 3.05) is 21.3 Å². The number of rotatable bonds is 6. The first-order valence-electron chi connectivity index (χ1n) is 6.70. The van der Waals surface area contributed by atoms with Crippen molar-refractivity contribution in [1.82, 2.24) is 0 Å². The van der Waals surface area contributed by atoms with Crippen molar-refractivity contribution >= 4 is 5.97 Å². The molecule has 0 atom stereocenters. The van der Waals surface area contributed by atoms with Crippen molar-refractivity contribution in [3.05, 3.63) is 53.6 Å². The molecule has 22 heavy (non-hydrogen) atoms. The number of methoxy groups -OCH3 is 3. The first-order chi connectivity index (χ1) is 10.7. The van der Waals surface area contributed by atoms with Crippen LogP contribution >= 0.6 is 0 Å². The Bertz CT molecular complexity index is 651. The Morgan fingerprint density at radius 1 is 0.909 bits per heavy atom. The van der Waals surface area contributed by atoms with E-state index in [1.54, 1.807) is 57.7 Å². The molecule has 2 aromatic rings. The van der Waals surface area contributed by atoms with E-state index in [9.17, 15) is 4.79 Å². The maximum absolute atomic E-state index is 12.0. The van der Waals surface area contributed by atoms with Gasteiger partial charge < -0.3 is 18.9 Å². The van der Waals surface area contributed by atoms with E-state index in [0.29, 0.717) is 22.8 Å². The summed E-state index contributed by atoms with van der Waals surface area (Å²) in [4.78, 5) is 12.0. The van der Waals surface area contributed by atoms with Gasteiger partial charge in [0.25, 0.3) is 0 Å². The van der Waals surface area contributed by atoms with Crippen molar-refractivity contribution in [2.45, 2.75) is 6.61 Å². The van der Waals surface area contributed by atoms with Crippen LogP contribution in [0.25, 0.3) is 0 Å². The van der Waals surface area contributed by atoms with Gasteiger partial charge in [0.15, 0.2) is 11.5 Å². The Kier molecular flexibility index (Phi) is 5.25. The molecule has 0 radical (unpaired) electrons. The fourth-order valence-corrected chi connectivity index (χ4v) is 1.95. The third kappa shape index (κ3) is 3.69. The van der Waals surface area contributed by atoms with Crippen LogP contribution in [0.4, 0.5) is 0 Å². The number of ether oxygens (including phenoxy) is 4. The maximum atomic E-state index is 12.0. The van der Waals surface area contributed by atoms with Gasteiger partial charge in [0, 0.05) is 0 Å². The molecule has 0 aromatic heterocycles. The SMILES string of the molecule is COc1cccc(C(=O)OCc2ccc(OC)c(OC)c2)c1. The number of carbonyl (C=O) groups is 1. The van der Waals surface area contributed by atoms with Gasteiger partial charge in [-0.05, 0) is 35.9 Å². The zero-order chi connectivity index (χ0) is 15.9. The molecular formula is C17H18O5. The quantitative estimate of drug-likeness (QED) is 0.768. The fraction of sp³-hybridized carbons (Fsp3) is 0.235. The second-order valence-electron chi connectivity index (χ2n) is 4.50.